The fraction of sp³-hybridized carbons (Fsp3) is 0.846. The van der Waals surface area contributed by atoms with Crippen LogP contribution in [0.1, 0.15) is 52.4 Å². The van der Waals surface area contributed by atoms with E-state index < -0.39 is 5.97 Å². The van der Waals surface area contributed by atoms with Gasteiger partial charge in [-0.3, -0.25) is 9.59 Å². The van der Waals surface area contributed by atoms with Gasteiger partial charge in [-0.05, 0) is 44.7 Å². The highest BCUT2D eigenvalue weighted by molar-refractivity contribution is 5.94. The molecule has 0 rings (SSSR count). The Balaban J connectivity index is 3.42. The number of Topliss-reactive ketones (excluding diaryl/α,β-unsaturated/α-hetero) is 1. The number of ketones is 1. The summed E-state index contributed by atoms with van der Waals surface area (Å²) in [6.45, 7) is 6.35. The average molecular weight is 243 g/mol. The van der Waals surface area contributed by atoms with Crippen LogP contribution < -0.4 is 5.32 Å². The van der Waals surface area contributed by atoms with E-state index in [2.05, 4.69) is 19.2 Å². The molecule has 1 unspecified atom stereocenters. The molecule has 0 aromatic heterocycles. The molecule has 4 heteroatoms. The van der Waals surface area contributed by atoms with Crippen LogP contribution in [0.3, 0.4) is 0 Å². The van der Waals surface area contributed by atoms with Crippen molar-refractivity contribution in [2.45, 2.75) is 52.4 Å². The van der Waals surface area contributed by atoms with Crippen molar-refractivity contribution >= 4 is 11.8 Å². The first kappa shape index (κ1) is 16.1. The van der Waals surface area contributed by atoms with E-state index in [1.807, 2.05) is 0 Å². The van der Waals surface area contributed by atoms with Crippen LogP contribution in [0.5, 0.6) is 0 Å². The summed E-state index contributed by atoms with van der Waals surface area (Å²) in [7, 11) is 0. The lowest BCUT2D eigenvalue weighted by molar-refractivity contribution is -0.140. The summed E-state index contributed by atoms with van der Waals surface area (Å²) in [5.41, 5.74) is 0. The number of carbonyl (C=O) groups excluding carboxylic acids is 1. The Hall–Kier alpha value is -0.900. The Morgan fingerprint density at radius 2 is 1.94 bits per heavy atom. The maximum atomic E-state index is 11.2. The molecule has 0 bridgehead atoms. The largest absolute Gasteiger partial charge is 0.481 e. The lowest BCUT2D eigenvalue weighted by Gasteiger charge is -2.10. The highest BCUT2D eigenvalue weighted by Gasteiger charge is 2.10. The van der Waals surface area contributed by atoms with Crippen LogP contribution >= 0.6 is 0 Å². The molecule has 4 nitrogen and oxygen atoms in total. The zero-order valence-corrected chi connectivity index (χ0v) is 11.0. The Morgan fingerprint density at radius 1 is 1.24 bits per heavy atom. The molecule has 2 N–H and O–H groups in total. The SMILES string of the molecule is CCCNCCCC(C)CCC(=O)CC(=O)O. The van der Waals surface area contributed by atoms with Crippen molar-refractivity contribution in [2.24, 2.45) is 5.92 Å². The molecule has 0 aromatic rings. The van der Waals surface area contributed by atoms with Crippen molar-refractivity contribution < 1.29 is 14.7 Å². The van der Waals surface area contributed by atoms with Crippen molar-refractivity contribution in [3.05, 3.63) is 0 Å². The quantitative estimate of drug-likeness (QED) is 0.431. The van der Waals surface area contributed by atoms with E-state index in [1.54, 1.807) is 0 Å². The molecule has 0 amide bonds. The fourth-order valence-corrected chi connectivity index (χ4v) is 1.69. The van der Waals surface area contributed by atoms with Crippen molar-refractivity contribution in [3.63, 3.8) is 0 Å². The van der Waals surface area contributed by atoms with E-state index >= 15 is 0 Å². The second kappa shape index (κ2) is 10.3. The van der Waals surface area contributed by atoms with Gasteiger partial charge in [0.15, 0.2) is 0 Å². The molecular formula is C13H25NO3. The van der Waals surface area contributed by atoms with Crippen molar-refractivity contribution in [1.29, 1.82) is 0 Å². The van der Waals surface area contributed by atoms with Crippen LogP contribution in [-0.4, -0.2) is 29.9 Å². The third kappa shape index (κ3) is 11.4. The smallest absolute Gasteiger partial charge is 0.310 e. The minimum absolute atomic E-state index is 0.159. The summed E-state index contributed by atoms with van der Waals surface area (Å²) in [6.07, 6.45) is 4.24. The zero-order chi connectivity index (χ0) is 13.1. The van der Waals surface area contributed by atoms with Crippen LogP contribution in [0.25, 0.3) is 0 Å². The summed E-state index contributed by atoms with van der Waals surface area (Å²) < 4.78 is 0. The second-order valence-corrected chi connectivity index (χ2v) is 4.65. The van der Waals surface area contributed by atoms with Gasteiger partial charge in [-0.15, -0.1) is 0 Å². The lowest BCUT2D eigenvalue weighted by atomic mass is 9.98. The van der Waals surface area contributed by atoms with Gasteiger partial charge in [-0.1, -0.05) is 13.8 Å². The molecule has 0 saturated heterocycles. The number of hydrogen-bond donors (Lipinski definition) is 2. The van der Waals surface area contributed by atoms with Gasteiger partial charge < -0.3 is 10.4 Å². The van der Waals surface area contributed by atoms with Gasteiger partial charge in [-0.2, -0.15) is 0 Å². The Bertz CT molecular complexity index is 229. The van der Waals surface area contributed by atoms with E-state index in [1.165, 1.54) is 0 Å². The summed E-state index contributed by atoms with van der Waals surface area (Å²) in [6, 6.07) is 0. The van der Waals surface area contributed by atoms with Gasteiger partial charge in [0.25, 0.3) is 0 Å². The van der Waals surface area contributed by atoms with E-state index in [0.717, 1.165) is 38.8 Å². The van der Waals surface area contributed by atoms with Gasteiger partial charge in [0, 0.05) is 6.42 Å². The third-order valence-electron chi connectivity index (χ3n) is 2.74. The first-order valence-electron chi connectivity index (χ1n) is 6.50. The lowest BCUT2D eigenvalue weighted by Crippen LogP contribution is -2.16. The third-order valence-corrected chi connectivity index (χ3v) is 2.74. The average Bonchev–Trinajstić information content (AvgIpc) is 2.25. The van der Waals surface area contributed by atoms with Gasteiger partial charge in [0.1, 0.15) is 12.2 Å². The molecule has 100 valence electrons. The molecule has 0 aliphatic rings. The maximum absolute atomic E-state index is 11.2. The number of carboxylic acids is 1. The number of rotatable bonds is 11. The summed E-state index contributed by atoms with van der Waals surface area (Å²) in [5.74, 6) is -0.684. The minimum atomic E-state index is -1.02. The van der Waals surface area contributed by atoms with E-state index in [0.29, 0.717) is 12.3 Å². The number of aliphatic carboxylic acids is 1. The molecule has 0 aromatic carbocycles. The van der Waals surface area contributed by atoms with Crippen molar-refractivity contribution in [1.82, 2.24) is 5.32 Å². The molecule has 0 radical (unpaired) electrons. The molecular weight excluding hydrogens is 218 g/mol. The summed E-state index contributed by atoms with van der Waals surface area (Å²) >= 11 is 0. The molecule has 0 aliphatic carbocycles. The molecule has 0 spiro atoms. The topological polar surface area (TPSA) is 66.4 Å². The van der Waals surface area contributed by atoms with Crippen molar-refractivity contribution in [3.8, 4) is 0 Å². The first-order chi connectivity index (χ1) is 8.06. The normalized spacial score (nSPS) is 12.4. The highest BCUT2D eigenvalue weighted by atomic mass is 16.4. The Labute approximate surface area is 104 Å². The standard InChI is InChI=1S/C13H25NO3/c1-3-8-14-9-4-5-11(2)6-7-12(15)10-13(16)17/h11,14H,3-10H2,1-2H3,(H,16,17). The van der Waals surface area contributed by atoms with Crippen LogP contribution in [-0.2, 0) is 9.59 Å². The van der Waals surface area contributed by atoms with E-state index in [-0.39, 0.29) is 12.2 Å². The molecule has 0 fully saturated rings. The fourth-order valence-electron chi connectivity index (χ4n) is 1.69. The molecule has 1 atom stereocenters. The number of nitrogens with one attached hydrogen (secondary N) is 1. The molecule has 0 heterocycles. The van der Waals surface area contributed by atoms with E-state index in [9.17, 15) is 9.59 Å². The highest BCUT2D eigenvalue weighted by Crippen LogP contribution is 2.13. The number of carboxylic acid groups (broad SMARTS) is 1. The predicted molar refractivity (Wildman–Crippen MR) is 68.1 cm³/mol. The van der Waals surface area contributed by atoms with E-state index in [4.69, 9.17) is 5.11 Å². The minimum Gasteiger partial charge on any atom is -0.481 e. The zero-order valence-electron chi connectivity index (χ0n) is 11.0. The Morgan fingerprint density at radius 3 is 2.53 bits per heavy atom. The summed E-state index contributed by atoms with van der Waals surface area (Å²) in [5, 5.41) is 11.8. The number of hydrogen-bond acceptors (Lipinski definition) is 3. The van der Waals surface area contributed by atoms with Crippen LogP contribution in [0.2, 0.25) is 0 Å². The van der Waals surface area contributed by atoms with Crippen LogP contribution in [0, 0.1) is 5.92 Å². The van der Waals surface area contributed by atoms with Gasteiger partial charge in [0.05, 0.1) is 0 Å². The second-order valence-electron chi connectivity index (χ2n) is 4.65. The monoisotopic (exact) mass is 243 g/mol. The van der Waals surface area contributed by atoms with Crippen molar-refractivity contribution in [2.75, 3.05) is 13.1 Å². The maximum Gasteiger partial charge on any atom is 0.310 e. The number of carbonyl (C=O) groups is 2. The molecule has 0 saturated carbocycles. The van der Waals surface area contributed by atoms with Gasteiger partial charge >= 0.3 is 5.97 Å². The first-order valence-corrected chi connectivity index (χ1v) is 6.50. The summed E-state index contributed by atoms with van der Waals surface area (Å²) in [4.78, 5) is 21.5. The molecule has 0 aliphatic heterocycles. The van der Waals surface area contributed by atoms with Crippen LogP contribution in [0.15, 0.2) is 0 Å². The van der Waals surface area contributed by atoms with Gasteiger partial charge in [-0.25, -0.2) is 0 Å². The predicted octanol–water partition coefficient (Wildman–Crippen LogP) is 2.23. The Kier molecular flexibility index (Phi) is 9.72. The van der Waals surface area contributed by atoms with Crippen LogP contribution in [0.4, 0.5) is 0 Å². The van der Waals surface area contributed by atoms with Gasteiger partial charge in [0.2, 0.25) is 0 Å². The molecule has 17 heavy (non-hydrogen) atoms.